The number of fused-ring (bicyclic) bond motifs is 2. The number of nitrogens with one attached hydrogen (secondary N) is 1. The maximum atomic E-state index is 12.8. The van der Waals surface area contributed by atoms with Gasteiger partial charge in [0.1, 0.15) is 12.4 Å². The first-order valence-corrected chi connectivity index (χ1v) is 12.6. The summed E-state index contributed by atoms with van der Waals surface area (Å²) in [5.41, 5.74) is 4.28. The fraction of sp³-hybridized carbons (Fsp3) is 0.458. The van der Waals surface area contributed by atoms with E-state index in [1.54, 1.807) is 26.0 Å². The van der Waals surface area contributed by atoms with Gasteiger partial charge in [-0.1, -0.05) is 17.7 Å². The Bertz CT molecular complexity index is 1110. The fourth-order valence-corrected chi connectivity index (χ4v) is 6.34. The highest BCUT2D eigenvalue weighted by Gasteiger charge is 2.48. The number of carbonyl (C=O) groups is 1. The molecule has 0 saturated carbocycles. The Balaban J connectivity index is 1.36. The van der Waals surface area contributed by atoms with Gasteiger partial charge in [0.05, 0.1) is 10.3 Å². The van der Waals surface area contributed by atoms with Crippen molar-refractivity contribution in [2.24, 2.45) is 0 Å². The van der Waals surface area contributed by atoms with Gasteiger partial charge >= 0.3 is 0 Å². The van der Waals surface area contributed by atoms with Crippen LogP contribution in [0.3, 0.4) is 0 Å². The van der Waals surface area contributed by atoms with Crippen LogP contribution in [0, 0.1) is 20.8 Å². The number of aryl methyl sites for hydroxylation is 3. The van der Waals surface area contributed by atoms with Crippen LogP contribution >= 0.6 is 0 Å². The van der Waals surface area contributed by atoms with Crippen molar-refractivity contribution < 1.29 is 17.9 Å². The van der Waals surface area contributed by atoms with Crippen LogP contribution in [-0.4, -0.2) is 51.7 Å². The molecule has 31 heavy (non-hydrogen) atoms. The number of hydrogen-bond donors (Lipinski definition) is 1. The summed E-state index contributed by atoms with van der Waals surface area (Å²) >= 11 is 0. The van der Waals surface area contributed by atoms with Gasteiger partial charge < -0.3 is 10.1 Å². The average molecular weight is 443 g/mol. The highest BCUT2D eigenvalue weighted by atomic mass is 32.2. The molecule has 0 bridgehead atoms. The number of ether oxygens (including phenoxy) is 1. The molecule has 1 spiro atoms. The van der Waals surface area contributed by atoms with E-state index in [0.29, 0.717) is 28.4 Å². The molecule has 2 heterocycles. The predicted octanol–water partition coefficient (Wildman–Crippen LogP) is 3.38. The van der Waals surface area contributed by atoms with Crippen molar-refractivity contribution in [1.82, 2.24) is 4.90 Å². The van der Waals surface area contributed by atoms with Crippen LogP contribution in [0.15, 0.2) is 35.2 Å². The smallest absolute Gasteiger partial charge is 0.235 e. The summed E-state index contributed by atoms with van der Waals surface area (Å²) in [6, 6.07) is 9.78. The van der Waals surface area contributed by atoms with Crippen LogP contribution in [0.25, 0.3) is 0 Å². The third kappa shape index (κ3) is 4.08. The van der Waals surface area contributed by atoms with E-state index in [4.69, 9.17) is 4.74 Å². The molecular formula is C24H30N2O4S. The van der Waals surface area contributed by atoms with Crippen LogP contribution in [0.5, 0.6) is 5.75 Å². The van der Waals surface area contributed by atoms with Crippen LogP contribution < -0.4 is 10.1 Å². The predicted molar refractivity (Wildman–Crippen MR) is 122 cm³/mol. The molecule has 1 amide bonds. The Labute approximate surface area is 184 Å². The number of sulfone groups is 1. The van der Waals surface area contributed by atoms with E-state index in [1.165, 1.54) is 11.8 Å². The molecule has 0 radical (unpaired) electrons. The van der Waals surface area contributed by atoms with E-state index in [-0.39, 0.29) is 5.91 Å². The quantitative estimate of drug-likeness (QED) is 0.768. The zero-order valence-corrected chi connectivity index (χ0v) is 19.4. The Morgan fingerprint density at radius 3 is 2.32 bits per heavy atom. The van der Waals surface area contributed by atoms with Crippen molar-refractivity contribution in [2.75, 3.05) is 37.8 Å². The molecule has 6 nitrogen and oxygen atoms in total. The van der Waals surface area contributed by atoms with E-state index in [1.807, 2.05) is 12.1 Å². The fourth-order valence-electron chi connectivity index (χ4n) is 5.05. The molecule has 0 unspecified atom stereocenters. The van der Waals surface area contributed by atoms with E-state index in [9.17, 15) is 13.2 Å². The maximum absolute atomic E-state index is 12.8. The summed E-state index contributed by atoms with van der Waals surface area (Å²) in [5, 5.41) is 3.07. The summed E-state index contributed by atoms with van der Waals surface area (Å²) in [5.74, 6) is 0.816. The highest BCUT2D eigenvalue weighted by Crippen LogP contribution is 2.45. The first-order valence-electron chi connectivity index (χ1n) is 10.7. The standard InChI is InChI=1S/C24H30N2O4S/c1-16-5-6-21-20(13-16)24(23(27)25-21)7-9-26(10-8-24)11-12-30-19-14-17(2)22(18(3)15-19)31(4,28)29/h5-6,13-15H,7-12H2,1-4H3,(H,25,27). The monoisotopic (exact) mass is 442 g/mol. The van der Waals surface area contributed by atoms with Gasteiger partial charge in [0.2, 0.25) is 5.91 Å². The second kappa shape index (κ2) is 7.95. The lowest BCUT2D eigenvalue weighted by Crippen LogP contribution is -2.47. The molecule has 2 aliphatic heterocycles. The topological polar surface area (TPSA) is 75.7 Å². The van der Waals surface area contributed by atoms with Gasteiger partial charge in [-0.25, -0.2) is 8.42 Å². The molecule has 0 aromatic heterocycles. The first kappa shape index (κ1) is 21.8. The zero-order valence-electron chi connectivity index (χ0n) is 18.6. The minimum Gasteiger partial charge on any atom is -0.492 e. The third-order valence-corrected chi connectivity index (χ3v) is 7.95. The Kier molecular flexibility index (Phi) is 5.60. The molecule has 166 valence electrons. The van der Waals surface area contributed by atoms with Gasteiger partial charge in [-0.15, -0.1) is 0 Å². The van der Waals surface area contributed by atoms with Gasteiger partial charge in [-0.3, -0.25) is 9.69 Å². The normalized spacial score (nSPS) is 18.1. The minimum atomic E-state index is -3.25. The van der Waals surface area contributed by atoms with Crippen molar-refractivity contribution in [3.63, 3.8) is 0 Å². The Morgan fingerprint density at radius 1 is 1.06 bits per heavy atom. The van der Waals surface area contributed by atoms with E-state index in [2.05, 4.69) is 23.2 Å². The van der Waals surface area contributed by atoms with Crippen LogP contribution in [-0.2, 0) is 20.0 Å². The number of anilines is 1. The summed E-state index contributed by atoms with van der Waals surface area (Å²) in [6.45, 7) is 8.63. The molecule has 1 N–H and O–H groups in total. The van der Waals surface area contributed by atoms with Crippen LogP contribution in [0.2, 0.25) is 0 Å². The lowest BCUT2D eigenvalue weighted by molar-refractivity contribution is -0.122. The molecule has 0 atom stereocenters. The summed E-state index contributed by atoms with van der Waals surface area (Å²) in [6.07, 6.45) is 2.84. The average Bonchev–Trinajstić information content (AvgIpc) is 2.93. The Morgan fingerprint density at radius 2 is 1.71 bits per heavy atom. The van der Waals surface area contributed by atoms with Gasteiger partial charge in [0.25, 0.3) is 0 Å². The minimum absolute atomic E-state index is 0.126. The number of likely N-dealkylation sites (tertiary alicyclic amines) is 1. The van der Waals surface area contributed by atoms with E-state index >= 15 is 0 Å². The summed E-state index contributed by atoms with van der Waals surface area (Å²) in [7, 11) is -3.25. The van der Waals surface area contributed by atoms with Crippen molar-refractivity contribution >= 4 is 21.4 Å². The largest absolute Gasteiger partial charge is 0.492 e. The van der Waals surface area contributed by atoms with Crippen LogP contribution in [0.4, 0.5) is 5.69 Å². The zero-order chi connectivity index (χ0) is 22.4. The maximum Gasteiger partial charge on any atom is 0.235 e. The van der Waals surface area contributed by atoms with Gasteiger partial charge in [-0.2, -0.15) is 0 Å². The lowest BCUT2D eigenvalue weighted by atomic mass is 9.73. The number of hydrogen-bond acceptors (Lipinski definition) is 5. The van der Waals surface area contributed by atoms with Crippen molar-refractivity contribution in [3.8, 4) is 5.75 Å². The Hall–Kier alpha value is -2.38. The number of carbonyl (C=O) groups excluding carboxylic acids is 1. The van der Waals surface area contributed by atoms with Crippen LogP contribution in [0.1, 0.15) is 35.1 Å². The summed E-state index contributed by atoms with van der Waals surface area (Å²) in [4.78, 5) is 15.5. The van der Waals surface area contributed by atoms with Crippen molar-refractivity contribution in [1.29, 1.82) is 0 Å². The molecule has 1 saturated heterocycles. The molecule has 1 fully saturated rings. The van der Waals surface area contributed by atoms with E-state index in [0.717, 1.165) is 43.7 Å². The van der Waals surface area contributed by atoms with Crippen molar-refractivity contribution in [3.05, 3.63) is 52.6 Å². The molecule has 2 aromatic carbocycles. The summed E-state index contributed by atoms with van der Waals surface area (Å²) < 4.78 is 29.8. The number of piperidine rings is 1. The molecule has 2 aliphatic rings. The van der Waals surface area contributed by atoms with Gasteiger partial charge in [-0.05, 0) is 81.6 Å². The van der Waals surface area contributed by atoms with E-state index < -0.39 is 15.3 Å². The molecule has 2 aromatic rings. The number of benzene rings is 2. The number of rotatable bonds is 5. The second-order valence-electron chi connectivity index (χ2n) is 8.93. The first-order chi connectivity index (χ1) is 14.6. The molecule has 7 heteroatoms. The third-order valence-electron chi connectivity index (χ3n) is 6.56. The second-order valence-corrected chi connectivity index (χ2v) is 10.9. The van der Waals surface area contributed by atoms with Gasteiger partial charge in [0, 0.05) is 18.5 Å². The molecule has 0 aliphatic carbocycles. The molecular weight excluding hydrogens is 412 g/mol. The SMILES string of the molecule is Cc1ccc2c(c1)C1(CCN(CCOc3cc(C)c(S(C)(=O)=O)c(C)c3)CC1)C(=O)N2. The lowest BCUT2D eigenvalue weighted by Gasteiger charge is -2.38. The number of amides is 1. The van der Waals surface area contributed by atoms with Gasteiger partial charge in [0.15, 0.2) is 9.84 Å². The number of nitrogens with zero attached hydrogens (tertiary/aromatic N) is 1. The van der Waals surface area contributed by atoms with Crippen molar-refractivity contribution in [2.45, 2.75) is 43.9 Å². The molecule has 4 rings (SSSR count). The highest BCUT2D eigenvalue weighted by molar-refractivity contribution is 7.90.